The lowest BCUT2D eigenvalue weighted by Crippen LogP contribution is -2.55. The van der Waals surface area contributed by atoms with Gasteiger partial charge < -0.3 is 11.1 Å². The molecule has 1 rings (SSSR count). The third-order valence-corrected chi connectivity index (χ3v) is 3.04. The van der Waals surface area contributed by atoms with Gasteiger partial charge in [0, 0.05) is 25.2 Å². The Bertz CT molecular complexity index is 250. The molecular weight excluding hydrogens is 190 g/mol. The number of carbonyl (C=O) groups excluding carboxylic acids is 1. The van der Waals surface area contributed by atoms with Crippen LogP contribution in [-0.4, -0.2) is 42.0 Å². The molecule has 0 bridgehead atoms. The minimum absolute atomic E-state index is 0.0165. The summed E-state index contributed by atoms with van der Waals surface area (Å²) in [6.45, 7) is 9.77. The van der Waals surface area contributed by atoms with Crippen molar-refractivity contribution in [2.75, 3.05) is 19.6 Å². The molecule has 0 aromatic rings. The zero-order valence-electron chi connectivity index (χ0n) is 9.62. The Morgan fingerprint density at radius 3 is 2.93 bits per heavy atom. The minimum Gasteiger partial charge on any atom is -0.355 e. The van der Waals surface area contributed by atoms with E-state index >= 15 is 0 Å². The molecule has 4 heteroatoms. The Morgan fingerprint density at radius 1 is 1.73 bits per heavy atom. The van der Waals surface area contributed by atoms with Crippen LogP contribution >= 0.6 is 0 Å². The van der Waals surface area contributed by atoms with E-state index in [1.165, 1.54) is 0 Å². The number of nitrogens with one attached hydrogen (secondary N) is 1. The van der Waals surface area contributed by atoms with Crippen LogP contribution in [0.5, 0.6) is 0 Å². The first-order chi connectivity index (χ1) is 7.03. The second kappa shape index (κ2) is 4.77. The van der Waals surface area contributed by atoms with Crippen molar-refractivity contribution in [2.45, 2.75) is 31.8 Å². The van der Waals surface area contributed by atoms with Crippen LogP contribution < -0.4 is 11.1 Å². The molecule has 1 saturated heterocycles. The fourth-order valence-electron chi connectivity index (χ4n) is 2.06. The summed E-state index contributed by atoms with van der Waals surface area (Å²) in [6, 6.07) is -0.236. The highest BCUT2D eigenvalue weighted by Crippen LogP contribution is 2.23. The summed E-state index contributed by atoms with van der Waals surface area (Å²) in [6.07, 6.45) is 2.76. The maximum atomic E-state index is 11.8. The molecule has 1 aliphatic heterocycles. The maximum absolute atomic E-state index is 11.8. The normalized spacial score (nSPS) is 26.9. The van der Waals surface area contributed by atoms with Gasteiger partial charge in [0.25, 0.3) is 0 Å². The van der Waals surface area contributed by atoms with Gasteiger partial charge in [-0.05, 0) is 20.3 Å². The molecule has 15 heavy (non-hydrogen) atoms. The first-order valence-corrected chi connectivity index (χ1v) is 5.38. The second-order valence-corrected chi connectivity index (χ2v) is 4.55. The highest BCUT2D eigenvalue weighted by Gasteiger charge is 2.37. The molecule has 0 aromatic carbocycles. The smallest absolute Gasteiger partial charge is 0.238 e. The molecule has 0 aliphatic carbocycles. The number of hydrogen-bond acceptors (Lipinski definition) is 3. The van der Waals surface area contributed by atoms with Gasteiger partial charge in [-0.2, -0.15) is 0 Å². The third-order valence-electron chi connectivity index (χ3n) is 3.04. The Balaban J connectivity index is 2.94. The molecule has 3 N–H and O–H groups in total. The Labute approximate surface area is 91.5 Å². The van der Waals surface area contributed by atoms with Crippen molar-refractivity contribution in [3.8, 4) is 0 Å². The molecule has 0 spiro atoms. The highest BCUT2D eigenvalue weighted by atomic mass is 16.2. The molecule has 86 valence electrons. The quantitative estimate of drug-likeness (QED) is 0.651. The molecule has 1 fully saturated rings. The van der Waals surface area contributed by atoms with Crippen LogP contribution in [0.1, 0.15) is 20.3 Å². The van der Waals surface area contributed by atoms with Crippen molar-refractivity contribution < 1.29 is 4.79 Å². The Kier molecular flexibility index (Phi) is 3.88. The maximum Gasteiger partial charge on any atom is 0.238 e. The predicted octanol–water partition coefficient (Wildman–Crippen LogP) is 0.100. The lowest BCUT2D eigenvalue weighted by Gasteiger charge is -2.39. The standard InChI is InChI=1S/C11H21N3O/c1-4-7-14-9(8-12)10(15)13-6-5-11(14,2)3/h4,9H,1,5-8,12H2,2-3H3,(H,13,15). The van der Waals surface area contributed by atoms with E-state index in [4.69, 9.17) is 5.73 Å². The van der Waals surface area contributed by atoms with Gasteiger partial charge in [0.15, 0.2) is 0 Å². The lowest BCUT2D eigenvalue weighted by atomic mass is 9.97. The molecule has 1 amide bonds. The van der Waals surface area contributed by atoms with Crippen molar-refractivity contribution in [3.63, 3.8) is 0 Å². The molecule has 1 heterocycles. The van der Waals surface area contributed by atoms with Gasteiger partial charge in [0.05, 0.1) is 0 Å². The first kappa shape index (κ1) is 12.2. The number of nitrogens with two attached hydrogens (primary N) is 1. The zero-order chi connectivity index (χ0) is 11.5. The van der Waals surface area contributed by atoms with Crippen LogP contribution in [0.4, 0.5) is 0 Å². The molecule has 4 nitrogen and oxygen atoms in total. The van der Waals surface area contributed by atoms with Gasteiger partial charge in [0.1, 0.15) is 6.04 Å². The summed E-state index contributed by atoms with van der Waals surface area (Å²) in [5, 5.41) is 2.89. The first-order valence-electron chi connectivity index (χ1n) is 5.38. The summed E-state index contributed by atoms with van der Waals surface area (Å²) in [4.78, 5) is 13.9. The summed E-state index contributed by atoms with van der Waals surface area (Å²) in [5.41, 5.74) is 5.65. The summed E-state index contributed by atoms with van der Waals surface area (Å²) in [5.74, 6) is 0.0323. The van der Waals surface area contributed by atoms with Gasteiger partial charge in [-0.25, -0.2) is 0 Å². The van der Waals surface area contributed by atoms with E-state index in [-0.39, 0.29) is 17.5 Å². The van der Waals surface area contributed by atoms with Crippen molar-refractivity contribution >= 4 is 5.91 Å². The number of carbonyl (C=O) groups is 1. The SMILES string of the molecule is C=CCN1C(CN)C(=O)NCCC1(C)C. The predicted molar refractivity (Wildman–Crippen MR) is 61.5 cm³/mol. The van der Waals surface area contributed by atoms with Gasteiger partial charge in [-0.15, -0.1) is 6.58 Å². The number of rotatable bonds is 3. The fourth-order valence-corrected chi connectivity index (χ4v) is 2.06. The van der Waals surface area contributed by atoms with E-state index in [1.54, 1.807) is 0 Å². The number of nitrogens with zero attached hydrogens (tertiary/aromatic N) is 1. The van der Waals surface area contributed by atoms with Crippen molar-refractivity contribution in [3.05, 3.63) is 12.7 Å². The third kappa shape index (κ3) is 2.58. The average molecular weight is 211 g/mol. The monoisotopic (exact) mass is 211 g/mol. The van der Waals surface area contributed by atoms with E-state index in [9.17, 15) is 4.79 Å². The van der Waals surface area contributed by atoms with Crippen LogP contribution in [0.3, 0.4) is 0 Å². The summed E-state index contributed by atoms with van der Waals surface area (Å²) in [7, 11) is 0. The van der Waals surface area contributed by atoms with Crippen molar-refractivity contribution in [1.29, 1.82) is 0 Å². The van der Waals surface area contributed by atoms with E-state index in [1.807, 2.05) is 6.08 Å². The molecule has 1 aliphatic rings. The lowest BCUT2D eigenvalue weighted by molar-refractivity contribution is -0.126. The molecule has 1 atom stereocenters. The van der Waals surface area contributed by atoms with E-state index in [0.29, 0.717) is 13.1 Å². The number of hydrogen-bond donors (Lipinski definition) is 2. The number of amides is 1. The molecular formula is C11H21N3O. The Hall–Kier alpha value is -0.870. The second-order valence-electron chi connectivity index (χ2n) is 4.55. The van der Waals surface area contributed by atoms with Gasteiger partial charge >= 0.3 is 0 Å². The van der Waals surface area contributed by atoms with E-state index in [2.05, 4.69) is 30.6 Å². The summed E-state index contributed by atoms with van der Waals surface area (Å²) < 4.78 is 0. The molecule has 0 saturated carbocycles. The fraction of sp³-hybridized carbons (Fsp3) is 0.727. The zero-order valence-corrected chi connectivity index (χ0v) is 9.62. The molecule has 0 radical (unpaired) electrons. The van der Waals surface area contributed by atoms with E-state index in [0.717, 1.165) is 13.0 Å². The topological polar surface area (TPSA) is 58.4 Å². The minimum atomic E-state index is -0.236. The summed E-state index contributed by atoms with van der Waals surface area (Å²) >= 11 is 0. The van der Waals surface area contributed by atoms with Crippen molar-refractivity contribution in [2.24, 2.45) is 5.73 Å². The average Bonchev–Trinajstić information content (AvgIpc) is 2.26. The van der Waals surface area contributed by atoms with E-state index < -0.39 is 0 Å². The van der Waals surface area contributed by atoms with Gasteiger partial charge in [-0.3, -0.25) is 9.69 Å². The van der Waals surface area contributed by atoms with Gasteiger partial charge in [-0.1, -0.05) is 6.08 Å². The van der Waals surface area contributed by atoms with Gasteiger partial charge in [0.2, 0.25) is 5.91 Å². The van der Waals surface area contributed by atoms with Crippen LogP contribution in [0.15, 0.2) is 12.7 Å². The molecule has 0 aromatic heterocycles. The largest absolute Gasteiger partial charge is 0.355 e. The highest BCUT2D eigenvalue weighted by molar-refractivity contribution is 5.82. The van der Waals surface area contributed by atoms with Crippen LogP contribution in [0.25, 0.3) is 0 Å². The van der Waals surface area contributed by atoms with Crippen LogP contribution in [0.2, 0.25) is 0 Å². The van der Waals surface area contributed by atoms with Crippen LogP contribution in [-0.2, 0) is 4.79 Å². The van der Waals surface area contributed by atoms with Crippen molar-refractivity contribution in [1.82, 2.24) is 10.2 Å². The molecule has 1 unspecified atom stereocenters. The Morgan fingerprint density at radius 2 is 2.40 bits per heavy atom. The van der Waals surface area contributed by atoms with Crippen LogP contribution in [0, 0.1) is 0 Å².